The van der Waals surface area contributed by atoms with Crippen molar-refractivity contribution in [3.63, 3.8) is 0 Å². The minimum absolute atomic E-state index is 0.102. The first-order valence-electron chi connectivity index (χ1n) is 9.60. The topological polar surface area (TPSA) is 111 Å². The number of rotatable bonds is 10. The minimum Gasteiger partial charge on any atom is -0.445 e. The second-order valence-electron chi connectivity index (χ2n) is 6.70. The molecule has 0 radical (unpaired) electrons. The fraction of sp³-hybridized carbons (Fsp3) is 0.318. The normalized spacial score (nSPS) is 12.4. The summed E-state index contributed by atoms with van der Waals surface area (Å²) in [6.45, 7) is 2.00. The molecule has 0 saturated heterocycles. The van der Waals surface area contributed by atoms with Gasteiger partial charge >= 0.3 is 6.09 Å². The molecule has 0 aliphatic rings. The molecule has 2 atom stereocenters. The molecule has 2 aromatic carbocycles. The third kappa shape index (κ3) is 7.65. The first-order valence-corrected chi connectivity index (χ1v) is 9.60. The average Bonchev–Trinajstić information content (AvgIpc) is 2.73. The highest BCUT2D eigenvalue weighted by atomic mass is 16.5. The molecule has 0 bridgehead atoms. The molecular formula is C22H27N3O4. The van der Waals surface area contributed by atoms with Crippen LogP contribution in [0.4, 0.5) is 4.79 Å². The second-order valence-corrected chi connectivity index (χ2v) is 6.70. The van der Waals surface area contributed by atoms with Crippen molar-refractivity contribution in [1.29, 1.82) is 0 Å². The van der Waals surface area contributed by atoms with Crippen LogP contribution >= 0.6 is 0 Å². The molecule has 0 aliphatic carbocycles. The predicted octanol–water partition coefficient (Wildman–Crippen LogP) is 2.29. The Kier molecular flexibility index (Phi) is 8.69. The van der Waals surface area contributed by atoms with E-state index in [0.29, 0.717) is 12.8 Å². The van der Waals surface area contributed by atoms with Gasteiger partial charge < -0.3 is 21.1 Å². The van der Waals surface area contributed by atoms with Crippen molar-refractivity contribution in [1.82, 2.24) is 10.6 Å². The first-order chi connectivity index (χ1) is 14.0. The van der Waals surface area contributed by atoms with Gasteiger partial charge in [0.15, 0.2) is 0 Å². The van der Waals surface area contributed by atoms with Gasteiger partial charge in [-0.05, 0) is 17.5 Å². The lowest BCUT2D eigenvalue weighted by Gasteiger charge is -2.21. The van der Waals surface area contributed by atoms with E-state index in [2.05, 4.69) is 10.6 Å². The van der Waals surface area contributed by atoms with E-state index in [1.165, 1.54) is 0 Å². The molecule has 0 unspecified atom stereocenters. The monoisotopic (exact) mass is 397 g/mol. The fourth-order valence-corrected chi connectivity index (χ4v) is 2.81. The number of amides is 3. The molecular weight excluding hydrogens is 370 g/mol. The summed E-state index contributed by atoms with van der Waals surface area (Å²) in [6, 6.07) is 16.8. The van der Waals surface area contributed by atoms with Crippen molar-refractivity contribution in [2.45, 2.75) is 44.9 Å². The molecule has 4 N–H and O–H groups in total. The molecule has 29 heavy (non-hydrogen) atoms. The highest BCUT2D eigenvalue weighted by Crippen LogP contribution is 2.06. The van der Waals surface area contributed by atoms with Gasteiger partial charge in [0.1, 0.15) is 18.7 Å². The summed E-state index contributed by atoms with van der Waals surface area (Å²) < 4.78 is 5.18. The number of carbonyl (C=O) groups excluding carboxylic acids is 3. The number of carbonyl (C=O) groups is 3. The molecule has 0 saturated carbocycles. The summed E-state index contributed by atoms with van der Waals surface area (Å²) in [5, 5.41) is 5.22. The second kappa shape index (κ2) is 11.5. The van der Waals surface area contributed by atoms with Crippen LogP contribution in [0.2, 0.25) is 0 Å². The average molecular weight is 397 g/mol. The minimum atomic E-state index is -0.869. The lowest BCUT2D eigenvalue weighted by molar-refractivity contribution is -0.128. The van der Waals surface area contributed by atoms with Crippen LogP contribution < -0.4 is 16.4 Å². The summed E-state index contributed by atoms with van der Waals surface area (Å²) in [5.41, 5.74) is 7.17. The number of hydrogen-bond donors (Lipinski definition) is 3. The number of nitrogens with one attached hydrogen (secondary N) is 2. The Hall–Kier alpha value is -3.35. The largest absolute Gasteiger partial charge is 0.445 e. The Morgan fingerprint density at radius 2 is 1.48 bits per heavy atom. The number of nitrogens with two attached hydrogens (primary N) is 1. The predicted molar refractivity (Wildman–Crippen MR) is 110 cm³/mol. The van der Waals surface area contributed by atoms with E-state index in [9.17, 15) is 14.4 Å². The van der Waals surface area contributed by atoms with Crippen molar-refractivity contribution in [3.8, 4) is 0 Å². The smallest absolute Gasteiger partial charge is 0.408 e. The fourth-order valence-electron chi connectivity index (χ4n) is 2.81. The van der Waals surface area contributed by atoms with Gasteiger partial charge in [0, 0.05) is 6.42 Å². The molecule has 2 aromatic rings. The van der Waals surface area contributed by atoms with Crippen LogP contribution in [0.5, 0.6) is 0 Å². The number of primary amides is 1. The maximum atomic E-state index is 12.7. The van der Waals surface area contributed by atoms with Crippen molar-refractivity contribution < 1.29 is 19.1 Å². The van der Waals surface area contributed by atoms with Crippen molar-refractivity contribution in [2.24, 2.45) is 5.73 Å². The van der Waals surface area contributed by atoms with Gasteiger partial charge in [-0.3, -0.25) is 9.59 Å². The van der Waals surface area contributed by atoms with Crippen molar-refractivity contribution >= 4 is 17.9 Å². The van der Waals surface area contributed by atoms with Crippen LogP contribution in [0.15, 0.2) is 60.7 Å². The van der Waals surface area contributed by atoms with Gasteiger partial charge in [-0.1, -0.05) is 74.0 Å². The van der Waals surface area contributed by atoms with Gasteiger partial charge in [-0.25, -0.2) is 4.79 Å². The van der Waals surface area contributed by atoms with E-state index in [0.717, 1.165) is 11.1 Å². The molecule has 154 valence electrons. The number of alkyl carbamates (subject to hydrolysis) is 1. The van der Waals surface area contributed by atoms with Crippen LogP contribution in [0.25, 0.3) is 0 Å². The first kappa shape index (κ1) is 21.9. The van der Waals surface area contributed by atoms with Crippen LogP contribution in [-0.2, 0) is 27.4 Å². The lowest BCUT2D eigenvalue weighted by atomic mass is 10.0. The zero-order valence-corrected chi connectivity index (χ0v) is 16.5. The Labute approximate surface area is 170 Å². The van der Waals surface area contributed by atoms with E-state index in [4.69, 9.17) is 10.5 Å². The molecule has 7 nitrogen and oxygen atoms in total. The third-order valence-electron chi connectivity index (χ3n) is 4.34. The molecule has 0 aliphatic heterocycles. The third-order valence-corrected chi connectivity index (χ3v) is 4.34. The maximum Gasteiger partial charge on any atom is 0.408 e. The molecule has 0 spiro atoms. The highest BCUT2D eigenvalue weighted by molar-refractivity contribution is 5.90. The quantitative estimate of drug-likeness (QED) is 0.571. The van der Waals surface area contributed by atoms with E-state index >= 15 is 0 Å². The summed E-state index contributed by atoms with van der Waals surface area (Å²) in [7, 11) is 0. The summed E-state index contributed by atoms with van der Waals surface area (Å²) >= 11 is 0. The van der Waals surface area contributed by atoms with Crippen LogP contribution in [0.1, 0.15) is 30.9 Å². The van der Waals surface area contributed by atoms with Gasteiger partial charge in [0.2, 0.25) is 11.8 Å². The van der Waals surface area contributed by atoms with Crippen LogP contribution in [0, 0.1) is 0 Å². The number of ether oxygens (including phenoxy) is 1. The Morgan fingerprint density at radius 1 is 0.897 bits per heavy atom. The summed E-state index contributed by atoms with van der Waals surface area (Å²) in [6.07, 6.45) is 0.653. The Bertz CT molecular complexity index is 796. The maximum absolute atomic E-state index is 12.7. The Morgan fingerprint density at radius 3 is 2.03 bits per heavy atom. The van der Waals surface area contributed by atoms with E-state index in [1.807, 2.05) is 67.6 Å². The van der Waals surface area contributed by atoms with Gasteiger partial charge in [0.25, 0.3) is 0 Å². The molecule has 0 heterocycles. The van der Waals surface area contributed by atoms with E-state index in [-0.39, 0.29) is 13.0 Å². The number of benzene rings is 2. The van der Waals surface area contributed by atoms with E-state index in [1.54, 1.807) is 0 Å². The Balaban J connectivity index is 1.93. The van der Waals surface area contributed by atoms with Crippen molar-refractivity contribution in [2.75, 3.05) is 0 Å². The van der Waals surface area contributed by atoms with Gasteiger partial charge in [-0.15, -0.1) is 0 Å². The molecule has 7 heteroatoms. The van der Waals surface area contributed by atoms with Crippen LogP contribution in [0.3, 0.4) is 0 Å². The van der Waals surface area contributed by atoms with Crippen LogP contribution in [-0.4, -0.2) is 30.0 Å². The summed E-state index contributed by atoms with van der Waals surface area (Å²) in [4.78, 5) is 36.6. The lowest BCUT2D eigenvalue weighted by Crippen LogP contribution is -2.53. The molecule has 0 fully saturated rings. The molecule has 2 rings (SSSR count). The highest BCUT2D eigenvalue weighted by Gasteiger charge is 2.25. The summed E-state index contributed by atoms with van der Waals surface area (Å²) in [5.74, 6) is -1.10. The molecule has 0 aromatic heterocycles. The number of hydrogen-bond acceptors (Lipinski definition) is 4. The SMILES string of the molecule is CCC[C@H](NC(=O)OCc1ccccc1)C(=O)N[C@H](Cc1ccccc1)C(N)=O. The zero-order valence-electron chi connectivity index (χ0n) is 16.5. The van der Waals surface area contributed by atoms with Gasteiger partial charge in [0.05, 0.1) is 0 Å². The van der Waals surface area contributed by atoms with Gasteiger partial charge in [-0.2, -0.15) is 0 Å². The van der Waals surface area contributed by atoms with E-state index < -0.39 is 30.0 Å². The zero-order chi connectivity index (χ0) is 21.1. The van der Waals surface area contributed by atoms with Crippen molar-refractivity contribution in [3.05, 3.63) is 71.8 Å². The molecule has 3 amide bonds. The standard InChI is InChI=1S/C22H27N3O4/c1-2-9-18(25-22(28)29-15-17-12-7-4-8-13-17)21(27)24-19(20(23)26)14-16-10-5-3-6-11-16/h3-8,10-13,18-19H,2,9,14-15H2,1H3,(H2,23,26)(H,24,27)(H,25,28)/t18-,19+/m0/s1.